The van der Waals surface area contributed by atoms with Gasteiger partial charge in [0, 0.05) is 12.0 Å². The van der Waals surface area contributed by atoms with Crippen LogP contribution >= 0.6 is 11.8 Å². The molecule has 1 aliphatic heterocycles. The van der Waals surface area contributed by atoms with Crippen LogP contribution in [0.5, 0.6) is 0 Å². The van der Waals surface area contributed by atoms with Crippen molar-refractivity contribution in [2.24, 2.45) is 5.10 Å². The molecule has 4 rings (SSSR count). The summed E-state index contributed by atoms with van der Waals surface area (Å²) in [4.78, 5) is 16.7. The van der Waals surface area contributed by atoms with Crippen LogP contribution in [-0.4, -0.2) is 39.1 Å². The normalized spacial score (nSPS) is 13.6. The molecule has 0 spiro atoms. The van der Waals surface area contributed by atoms with Crippen LogP contribution in [0.25, 0.3) is 11.4 Å². The van der Waals surface area contributed by atoms with Crippen LogP contribution in [0.2, 0.25) is 0 Å². The van der Waals surface area contributed by atoms with Gasteiger partial charge in [0.05, 0.1) is 23.8 Å². The zero-order chi connectivity index (χ0) is 18.5. The number of carbonyl (C=O) groups is 1. The molecular formula is C20H18N4O2S. The third-order valence-corrected chi connectivity index (χ3v) is 5.05. The first kappa shape index (κ1) is 17.5. The van der Waals surface area contributed by atoms with E-state index in [4.69, 9.17) is 4.52 Å². The van der Waals surface area contributed by atoms with E-state index in [0.29, 0.717) is 29.8 Å². The molecule has 0 atom stereocenters. The van der Waals surface area contributed by atoms with Crippen LogP contribution in [0.15, 0.2) is 70.3 Å². The molecule has 0 saturated heterocycles. The first-order chi connectivity index (χ1) is 13.3. The molecule has 7 heteroatoms. The highest BCUT2D eigenvalue weighted by atomic mass is 32.2. The van der Waals surface area contributed by atoms with Gasteiger partial charge >= 0.3 is 0 Å². The summed E-state index contributed by atoms with van der Waals surface area (Å²) in [5.74, 6) is 1.90. The van der Waals surface area contributed by atoms with E-state index >= 15 is 0 Å². The Morgan fingerprint density at radius 3 is 2.48 bits per heavy atom. The third kappa shape index (κ3) is 4.25. The van der Waals surface area contributed by atoms with Gasteiger partial charge < -0.3 is 4.52 Å². The topological polar surface area (TPSA) is 71.6 Å². The van der Waals surface area contributed by atoms with Crippen molar-refractivity contribution in [2.45, 2.75) is 12.2 Å². The molecule has 3 aromatic rings. The number of hydrogen-bond donors (Lipinski definition) is 0. The van der Waals surface area contributed by atoms with Crippen molar-refractivity contribution < 1.29 is 9.32 Å². The Bertz CT molecular complexity index is 941. The van der Waals surface area contributed by atoms with Crippen molar-refractivity contribution >= 4 is 23.4 Å². The molecule has 0 aliphatic carbocycles. The molecule has 0 N–H and O–H groups in total. The molecule has 0 unspecified atom stereocenters. The number of aromatic nitrogens is 2. The van der Waals surface area contributed by atoms with E-state index in [-0.39, 0.29) is 5.91 Å². The first-order valence-electron chi connectivity index (χ1n) is 8.68. The lowest BCUT2D eigenvalue weighted by Crippen LogP contribution is -2.25. The van der Waals surface area contributed by atoms with Crippen LogP contribution in [0.4, 0.5) is 0 Å². The molecule has 1 aromatic heterocycles. The summed E-state index contributed by atoms with van der Waals surface area (Å²) in [5.41, 5.74) is 2.94. The second-order valence-corrected chi connectivity index (χ2v) is 7.04. The Balaban J connectivity index is 1.29. The van der Waals surface area contributed by atoms with Gasteiger partial charge in [-0.2, -0.15) is 10.1 Å². The molecule has 2 aromatic carbocycles. The van der Waals surface area contributed by atoms with Gasteiger partial charge in [-0.15, -0.1) is 11.8 Å². The van der Waals surface area contributed by atoms with Gasteiger partial charge in [-0.25, -0.2) is 5.01 Å². The van der Waals surface area contributed by atoms with Crippen molar-refractivity contribution in [1.29, 1.82) is 0 Å². The van der Waals surface area contributed by atoms with Crippen molar-refractivity contribution in [2.75, 3.05) is 12.3 Å². The summed E-state index contributed by atoms with van der Waals surface area (Å²) in [6, 6.07) is 19.6. The predicted octanol–water partition coefficient (Wildman–Crippen LogP) is 3.61. The first-order valence-corrected chi connectivity index (χ1v) is 9.84. The summed E-state index contributed by atoms with van der Waals surface area (Å²) in [6.07, 6.45) is 0.782. The van der Waals surface area contributed by atoms with Crippen LogP contribution in [-0.2, 0) is 10.5 Å². The minimum Gasteiger partial charge on any atom is -0.338 e. The number of amides is 1. The van der Waals surface area contributed by atoms with E-state index in [9.17, 15) is 4.79 Å². The highest BCUT2D eigenvalue weighted by molar-refractivity contribution is 7.99. The largest absolute Gasteiger partial charge is 0.338 e. The molecule has 1 amide bonds. The van der Waals surface area contributed by atoms with Crippen molar-refractivity contribution in [3.05, 3.63) is 72.1 Å². The fraction of sp³-hybridized carbons (Fsp3) is 0.200. The number of carbonyl (C=O) groups excluding carboxylic acids is 1. The summed E-state index contributed by atoms with van der Waals surface area (Å²) >= 11 is 1.45. The smallest absolute Gasteiger partial charge is 0.252 e. The van der Waals surface area contributed by atoms with E-state index in [1.807, 2.05) is 60.7 Å². The second-order valence-electron chi connectivity index (χ2n) is 6.05. The number of nitrogens with zero attached hydrogens (tertiary/aromatic N) is 4. The molecule has 0 radical (unpaired) electrons. The molecule has 136 valence electrons. The fourth-order valence-corrected chi connectivity index (χ4v) is 3.51. The lowest BCUT2D eigenvalue weighted by Gasteiger charge is -2.10. The lowest BCUT2D eigenvalue weighted by molar-refractivity contribution is -0.127. The molecule has 0 bridgehead atoms. The minimum absolute atomic E-state index is 0.00581. The van der Waals surface area contributed by atoms with Gasteiger partial charge in [-0.05, 0) is 5.56 Å². The van der Waals surface area contributed by atoms with Gasteiger partial charge in [0.25, 0.3) is 5.91 Å². The van der Waals surface area contributed by atoms with E-state index in [2.05, 4.69) is 15.2 Å². The van der Waals surface area contributed by atoms with Crippen molar-refractivity contribution in [3.8, 4) is 11.4 Å². The number of rotatable bonds is 6. The van der Waals surface area contributed by atoms with E-state index in [1.165, 1.54) is 11.8 Å². The third-order valence-electron chi connectivity index (χ3n) is 4.15. The molecule has 0 saturated carbocycles. The summed E-state index contributed by atoms with van der Waals surface area (Å²) in [6.45, 7) is 0.627. The van der Waals surface area contributed by atoms with E-state index < -0.39 is 0 Å². The number of hydrogen-bond acceptors (Lipinski definition) is 6. The number of hydrazone groups is 1. The van der Waals surface area contributed by atoms with Crippen LogP contribution < -0.4 is 0 Å². The Morgan fingerprint density at radius 2 is 1.74 bits per heavy atom. The minimum atomic E-state index is -0.00581. The average Bonchev–Trinajstić information content (AvgIpc) is 3.39. The fourth-order valence-electron chi connectivity index (χ4n) is 2.79. The molecule has 0 fully saturated rings. The number of thioether (sulfide) groups is 1. The predicted molar refractivity (Wildman–Crippen MR) is 105 cm³/mol. The molecular weight excluding hydrogens is 360 g/mol. The summed E-state index contributed by atoms with van der Waals surface area (Å²) in [5, 5.41) is 10.0. The monoisotopic (exact) mass is 378 g/mol. The zero-order valence-corrected chi connectivity index (χ0v) is 15.4. The summed E-state index contributed by atoms with van der Waals surface area (Å²) < 4.78 is 5.27. The zero-order valence-electron chi connectivity index (χ0n) is 14.6. The maximum atomic E-state index is 12.4. The average molecular weight is 378 g/mol. The van der Waals surface area contributed by atoms with Gasteiger partial charge in [0.15, 0.2) is 0 Å². The van der Waals surface area contributed by atoms with Gasteiger partial charge in [0.1, 0.15) is 0 Å². The lowest BCUT2D eigenvalue weighted by atomic mass is 10.1. The molecule has 1 aliphatic rings. The van der Waals surface area contributed by atoms with Crippen molar-refractivity contribution in [3.63, 3.8) is 0 Å². The van der Waals surface area contributed by atoms with E-state index in [0.717, 1.165) is 23.3 Å². The second kappa shape index (κ2) is 8.18. The van der Waals surface area contributed by atoms with Crippen LogP contribution in [0, 0.1) is 0 Å². The maximum Gasteiger partial charge on any atom is 0.252 e. The Kier molecular flexibility index (Phi) is 5.29. The van der Waals surface area contributed by atoms with Gasteiger partial charge in [0.2, 0.25) is 11.7 Å². The highest BCUT2D eigenvalue weighted by Crippen LogP contribution is 2.19. The summed E-state index contributed by atoms with van der Waals surface area (Å²) in [7, 11) is 0. The number of benzene rings is 2. The quantitative estimate of drug-likeness (QED) is 0.655. The molecule has 2 heterocycles. The Hall–Kier alpha value is -2.93. The SMILES string of the molecule is O=C(CSCc1nc(-c2ccccc2)no1)N1CCC(c2ccccc2)=N1. The van der Waals surface area contributed by atoms with Gasteiger partial charge in [-0.1, -0.05) is 65.8 Å². The maximum absolute atomic E-state index is 12.4. The van der Waals surface area contributed by atoms with E-state index in [1.54, 1.807) is 5.01 Å². The van der Waals surface area contributed by atoms with Crippen molar-refractivity contribution in [1.82, 2.24) is 15.1 Å². The van der Waals surface area contributed by atoms with Gasteiger partial charge in [-0.3, -0.25) is 4.79 Å². The Morgan fingerprint density at radius 1 is 1.04 bits per heavy atom. The molecule has 27 heavy (non-hydrogen) atoms. The Labute approximate surface area is 161 Å². The van der Waals surface area contributed by atoms with Crippen LogP contribution in [0.1, 0.15) is 17.9 Å². The highest BCUT2D eigenvalue weighted by Gasteiger charge is 2.21. The van der Waals surface area contributed by atoms with Crippen LogP contribution in [0.3, 0.4) is 0 Å². The standard InChI is InChI=1S/C20H18N4O2S/c25-19(24-12-11-17(22-24)15-7-3-1-4-8-15)14-27-13-18-21-20(23-26-18)16-9-5-2-6-10-16/h1-10H,11-14H2. The molecule has 6 nitrogen and oxygen atoms in total.